The molecule has 18 heavy (non-hydrogen) atoms. The van der Waals surface area contributed by atoms with Gasteiger partial charge in [-0.15, -0.1) is 0 Å². The van der Waals surface area contributed by atoms with Crippen molar-refractivity contribution in [3.05, 3.63) is 51.8 Å². The van der Waals surface area contributed by atoms with E-state index in [2.05, 4.69) is 58.4 Å². The maximum absolute atomic E-state index is 4.31. The summed E-state index contributed by atoms with van der Waals surface area (Å²) in [7, 11) is 0. The molecule has 0 aliphatic carbocycles. The lowest BCUT2D eigenvalue weighted by molar-refractivity contribution is 0.662. The number of hydrogen-bond donors (Lipinski definition) is 1. The largest absolute Gasteiger partial charge is 0.313 e. The Morgan fingerprint density at radius 1 is 1.33 bits per heavy atom. The summed E-state index contributed by atoms with van der Waals surface area (Å²) in [6, 6.07) is 8.53. The lowest BCUT2D eigenvalue weighted by Crippen LogP contribution is -2.12. The Labute approximate surface area is 116 Å². The molecule has 0 aliphatic rings. The van der Waals surface area contributed by atoms with Crippen LogP contribution in [0.15, 0.2) is 34.9 Å². The first kappa shape index (κ1) is 13.3. The van der Waals surface area contributed by atoms with Crippen LogP contribution in [0.3, 0.4) is 0 Å². The van der Waals surface area contributed by atoms with E-state index in [4.69, 9.17) is 0 Å². The molecule has 3 nitrogen and oxygen atoms in total. The second-order valence-corrected chi connectivity index (χ2v) is 5.19. The summed E-state index contributed by atoms with van der Waals surface area (Å²) in [5.74, 6) is 0. The first-order chi connectivity index (χ1) is 8.70. The van der Waals surface area contributed by atoms with Crippen LogP contribution in [0.1, 0.15) is 23.7 Å². The minimum absolute atomic E-state index is 0.806. The Morgan fingerprint density at radius 3 is 2.78 bits per heavy atom. The summed E-state index contributed by atoms with van der Waals surface area (Å²) in [4.78, 5) is 0. The van der Waals surface area contributed by atoms with Crippen LogP contribution < -0.4 is 5.32 Å². The lowest BCUT2D eigenvalue weighted by atomic mass is 10.1. The quantitative estimate of drug-likeness (QED) is 0.920. The SMILES string of the molecule is CCNCc1ccc(Cn2nccc2C)c(Br)c1. The number of hydrogen-bond acceptors (Lipinski definition) is 2. The number of halogens is 1. The summed E-state index contributed by atoms with van der Waals surface area (Å²) >= 11 is 3.64. The van der Waals surface area contributed by atoms with E-state index in [0.29, 0.717) is 0 Å². The van der Waals surface area contributed by atoms with Crippen molar-refractivity contribution < 1.29 is 0 Å². The summed E-state index contributed by atoms with van der Waals surface area (Å²) in [5.41, 5.74) is 3.73. The fourth-order valence-electron chi connectivity index (χ4n) is 1.82. The number of rotatable bonds is 5. The molecule has 0 amide bonds. The van der Waals surface area contributed by atoms with Crippen LogP contribution in [-0.2, 0) is 13.1 Å². The average molecular weight is 308 g/mol. The maximum atomic E-state index is 4.31. The Hall–Kier alpha value is -1.13. The molecule has 0 radical (unpaired) electrons. The second kappa shape index (κ2) is 6.16. The third-order valence-corrected chi connectivity index (χ3v) is 3.68. The fraction of sp³-hybridized carbons (Fsp3) is 0.357. The first-order valence-electron chi connectivity index (χ1n) is 6.17. The molecule has 0 atom stereocenters. The van der Waals surface area contributed by atoms with Crippen molar-refractivity contribution in [3.63, 3.8) is 0 Å². The van der Waals surface area contributed by atoms with Crippen molar-refractivity contribution in [2.45, 2.75) is 26.9 Å². The summed E-state index contributed by atoms with van der Waals surface area (Å²) in [5, 5.41) is 7.64. The number of aromatic nitrogens is 2. The van der Waals surface area contributed by atoms with Crippen molar-refractivity contribution >= 4 is 15.9 Å². The molecule has 4 heteroatoms. The van der Waals surface area contributed by atoms with Gasteiger partial charge in [0.15, 0.2) is 0 Å². The van der Waals surface area contributed by atoms with Gasteiger partial charge < -0.3 is 5.32 Å². The van der Waals surface area contributed by atoms with Gasteiger partial charge in [0, 0.05) is 22.9 Å². The van der Waals surface area contributed by atoms with Gasteiger partial charge in [-0.3, -0.25) is 4.68 Å². The van der Waals surface area contributed by atoms with E-state index in [0.717, 1.165) is 24.1 Å². The van der Waals surface area contributed by atoms with Gasteiger partial charge in [0.25, 0.3) is 0 Å². The minimum Gasteiger partial charge on any atom is -0.313 e. The highest BCUT2D eigenvalue weighted by Crippen LogP contribution is 2.20. The maximum Gasteiger partial charge on any atom is 0.0673 e. The van der Waals surface area contributed by atoms with Crippen LogP contribution in [0.4, 0.5) is 0 Å². The summed E-state index contributed by atoms with van der Waals surface area (Å²) in [6.07, 6.45) is 1.84. The van der Waals surface area contributed by atoms with Gasteiger partial charge in [-0.25, -0.2) is 0 Å². The smallest absolute Gasteiger partial charge is 0.0673 e. The molecule has 1 heterocycles. The normalized spacial score (nSPS) is 10.8. The molecule has 0 spiro atoms. The predicted octanol–water partition coefficient (Wildman–Crippen LogP) is 3.11. The van der Waals surface area contributed by atoms with E-state index in [1.165, 1.54) is 16.8 Å². The standard InChI is InChI=1S/C14H18BrN3/c1-3-16-9-12-4-5-13(14(15)8-12)10-18-11(2)6-7-17-18/h4-8,16H,3,9-10H2,1-2H3. The van der Waals surface area contributed by atoms with Gasteiger partial charge in [0.2, 0.25) is 0 Å². The number of nitrogens with one attached hydrogen (secondary N) is 1. The minimum atomic E-state index is 0.806. The predicted molar refractivity (Wildman–Crippen MR) is 77.6 cm³/mol. The highest BCUT2D eigenvalue weighted by molar-refractivity contribution is 9.10. The van der Waals surface area contributed by atoms with Gasteiger partial charge in [0.1, 0.15) is 0 Å². The molecule has 0 aliphatic heterocycles. The van der Waals surface area contributed by atoms with Crippen molar-refractivity contribution in [2.75, 3.05) is 6.54 Å². The van der Waals surface area contributed by atoms with Crippen molar-refractivity contribution in [2.24, 2.45) is 0 Å². The highest BCUT2D eigenvalue weighted by atomic mass is 79.9. The van der Waals surface area contributed by atoms with Gasteiger partial charge in [-0.05, 0) is 36.7 Å². The van der Waals surface area contributed by atoms with Crippen LogP contribution in [0.5, 0.6) is 0 Å². The third-order valence-electron chi connectivity index (χ3n) is 2.95. The molecule has 0 fully saturated rings. The Bertz CT molecular complexity index is 520. The van der Waals surface area contributed by atoms with E-state index < -0.39 is 0 Å². The molecule has 1 N–H and O–H groups in total. The molecule has 2 aromatic rings. The van der Waals surface area contributed by atoms with Crippen LogP contribution >= 0.6 is 15.9 Å². The third kappa shape index (κ3) is 3.21. The molecule has 0 saturated carbocycles. The van der Waals surface area contributed by atoms with E-state index in [-0.39, 0.29) is 0 Å². The van der Waals surface area contributed by atoms with Gasteiger partial charge >= 0.3 is 0 Å². The number of benzene rings is 1. The Kier molecular flexibility index (Phi) is 4.55. The molecule has 0 unspecified atom stereocenters. The van der Waals surface area contributed by atoms with Crippen molar-refractivity contribution in [1.29, 1.82) is 0 Å². The van der Waals surface area contributed by atoms with Gasteiger partial charge in [-0.2, -0.15) is 5.10 Å². The van der Waals surface area contributed by atoms with Gasteiger partial charge in [0.05, 0.1) is 6.54 Å². The van der Waals surface area contributed by atoms with Gasteiger partial charge in [-0.1, -0.05) is 35.0 Å². The molecular weight excluding hydrogens is 290 g/mol. The van der Waals surface area contributed by atoms with Crippen molar-refractivity contribution in [3.8, 4) is 0 Å². The molecule has 0 saturated heterocycles. The molecule has 1 aromatic carbocycles. The highest BCUT2D eigenvalue weighted by Gasteiger charge is 2.04. The van der Waals surface area contributed by atoms with E-state index in [9.17, 15) is 0 Å². The molecular formula is C14H18BrN3. The second-order valence-electron chi connectivity index (χ2n) is 4.34. The van der Waals surface area contributed by atoms with Crippen LogP contribution in [0.25, 0.3) is 0 Å². The fourth-order valence-corrected chi connectivity index (χ4v) is 2.38. The van der Waals surface area contributed by atoms with Crippen molar-refractivity contribution in [1.82, 2.24) is 15.1 Å². The number of nitrogens with zero attached hydrogens (tertiary/aromatic N) is 2. The zero-order valence-corrected chi connectivity index (χ0v) is 12.4. The Balaban J connectivity index is 2.12. The molecule has 2 rings (SSSR count). The zero-order valence-electron chi connectivity index (χ0n) is 10.8. The van der Waals surface area contributed by atoms with Crippen LogP contribution in [0.2, 0.25) is 0 Å². The van der Waals surface area contributed by atoms with E-state index in [1.54, 1.807) is 0 Å². The van der Waals surface area contributed by atoms with E-state index >= 15 is 0 Å². The molecule has 0 bridgehead atoms. The lowest BCUT2D eigenvalue weighted by Gasteiger charge is -2.09. The van der Waals surface area contributed by atoms with E-state index in [1.807, 2.05) is 16.9 Å². The number of aryl methyl sites for hydroxylation is 1. The topological polar surface area (TPSA) is 29.9 Å². The average Bonchev–Trinajstić information content (AvgIpc) is 2.75. The monoisotopic (exact) mass is 307 g/mol. The molecule has 96 valence electrons. The zero-order chi connectivity index (χ0) is 13.0. The summed E-state index contributed by atoms with van der Waals surface area (Å²) in [6.45, 7) is 6.90. The summed E-state index contributed by atoms with van der Waals surface area (Å²) < 4.78 is 3.15. The van der Waals surface area contributed by atoms with Crippen LogP contribution in [0, 0.1) is 6.92 Å². The molecule has 1 aromatic heterocycles. The van der Waals surface area contributed by atoms with Crippen LogP contribution in [-0.4, -0.2) is 16.3 Å². The first-order valence-corrected chi connectivity index (χ1v) is 6.96. The Morgan fingerprint density at radius 2 is 2.17 bits per heavy atom.